The summed E-state index contributed by atoms with van der Waals surface area (Å²) in [5.41, 5.74) is 4.06. The Morgan fingerprint density at radius 1 is 1.22 bits per heavy atom. The first-order valence-corrected chi connectivity index (χ1v) is 8.30. The number of carbonyl (C=O) groups is 1. The molecule has 0 saturated carbocycles. The maximum Gasteiger partial charge on any atom is 0.241 e. The Morgan fingerprint density at radius 3 is 2.61 bits per heavy atom. The van der Waals surface area contributed by atoms with Crippen LogP contribution in [0.1, 0.15) is 18.4 Å². The molecule has 0 aromatic heterocycles. The van der Waals surface area contributed by atoms with Crippen molar-refractivity contribution in [2.45, 2.75) is 25.8 Å². The number of aryl methyl sites for hydroxylation is 1. The van der Waals surface area contributed by atoms with Crippen LogP contribution in [0.25, 0.3) is 11.1 Å². The van der Waals surface area contributed by atoms with Gasteiger partial charge in [-0.25, -0.2) is 0 Å². The van der Waals surface area contributed by atoms with Gasteiger partial charge in [0.05, 0.1) is 6.04 Å². The van der Waals surface area contributed by atoms with Crippen molar-refractivity contribution in [3.63, 3.8) is 0 Å². The van der Waals surface area contributed by atoms with E-state index in [1.165, 1.54) is 5.56 Å². The third-order valence-electron chi connectivity index (χ3n) is 4.41. The number of likely N-dealkylation sites (N-methyl/N-ethyl adjacent to an activating group) is 1. The molecule has 3 nitrogen and oxygen atoms in total. The summed E-state index contributed by atoms with van der Waals surface area (Å²) in [6.07, 6.45) is 2.01. The van der Waals surface area contributed by atoms with Crippen LogP contribution in [0.2, 0.25) is 5.02 Å². The number of benzene rings is 2. The van der Waals surface area contributed by atoms with Gasteiger partial charge in [0.25, 0.3) is 0 Å². The second kappa shape index (κ2) is 6.73. The average Bonchev–Trinajstić information content (AvgIpc) is 2.97. The van der Waals surface area contributed by atoms with E-state index < -0.39 is 0 Å². The summed E-state index contributed by atoms with van der Waals surface area (Å²) in [5, 5.41) is 3.74. The van der Waals surface area contributed by atoms with E-state index in [1.807, 2.05) is 50.4 Å². The van der Waals surface area contributed by atoms with E-state index in [0.29, 0.717) is 0 Å². The highest BCUT2D eigenvalue weighted by Gasteiger charge is 2.27. The number of hydrogen-bond donors (Lipinski definition) is 1. The Hall–Kier alpha value is -1.84. The number of nitrogens with one attached hydrogen (secondary N) is 1. The molecule has 2 aromatic rings. The van der Waals surface area contributed by atoms with Crippen LogP contribution < -0.4 is 5.32 Å². The smallest absolute Gasteiger partial charge is 0.241 e. The molecule has 120 valence electrons. The molecule has 23 heavy (non-hydrogen) atoms. The summed E-state index contributed by atoms with van der Waals surface area (Å²) in [7, 11) is 2.00. The SMILES string of the molecule is Cc1ccc(Cl)c(-c2ccc(NC(=O)C3CCCN3C)cc2)c1. The Morgan fingerprint density at radius 2 is 1.96 bits per heavy atom. The molecule has 0 radical (unpaired) electrons. The van der Waals surface area contributed by atoms with E-state index in [9.17, 15) is 4.79 Å². The number of amides is 1. The molecule has 1 heterocycles. The zero-order valence-corrected chi connectivity index (χ0v) is 14.2. The van der Waals surface area contributed by atoms with Crippen LogP contribution in [0.5, 0.6) is 0 Å². The molecule has 1 aliphatic heterocycles. The fourth-order valence-electron chi connectivity index (χ4n) is 3.06. The van der Waals surface area contributed by atoms with E-state index in [0.717, 1.165) is 41.2 Å². The van der Waals surface area contributed by atoms with Crippen molar-refractivity contribution in [1.29, 1.82) is 0 Å². The minimum atomic E-state index is -0.0131. The van der Waals surface area contributed by atoms with Gasteiger partial charge in [-0.3, -0.25) is 9.69 Å². The van der Waals surface area contributed by atoms with Crippen LogP contribution in [-0.4, -0.2) is 30.4 Å². The van der Waals surface area contributed by atoms with Gasteiger partial charge in [0, 0.05) is 16.3 Å². The Kier molecular flexibility index (Phi) is 4.69. The lowest BCUT2D eigenvalue weighted by Crippen LogP contribution is -2.37. The lowest BCUT2D eigenvalue weighted by atomic mass is 10.0. The quantitative estimate of drug-likeness (QED) is 0.908. The van der Waals surface area contributed by atoms with Crippen molar-refractivity contribution in [1.82, 2.24) is 4.90 Å². The number of rotatable bonds is 3. The van der Waals surface area contributed by atoms with E-state index in [2.05, 4.69) is 16.3 Å². The van der Waals surface area contributed by atoms with Crippen molar-refractivity contribution in [3.8, 4) is 11.1 Å². The largest absolute Gasteiger partial charge is 0.325 e. The second-order valence-corrected chi connectivity index (χ2v) is 6.60. The van der Waals surface area contributed by atoms with Gasteiger partial charge < -0.3 is 5.32 Å². The minimum Gasteiger partial charge on any atom is -0.325 e. The van der Waals surface area contributed by atoms with E-state index >= 15 is 0 Å². The topological polar surface area (TPSA) is 32.3 Å². The Balaban J connectivity index is 1.74. The number of likely N-dealkylation sites (tertiary alicyclic amines) is 1. The van der Waals surface area contributed by atoms with Gasteiger partial charge in [-0.15, -0.1) is 0 Å². The lowest BCUT2D eigenvalue weighted by Gasteiger charge is -2.18. The van der Waals surface area contributed by atoms with E-state index in [1.54, 1.807) is 0 Å². The highest BCUT2D eigenvalue weighted by Crippen LogP contribution is 2.29. The molecule has 0 aliphatic carbocycles. The highest BCUT2D eigenvalue weighted by atomic mass is 35.5. The first-order chi connectivity index (χ1) is 11.0. The number of hydrogen-bond acceptors (Lipinski definition) is 2. The van der Waals surface area contributed by atoms with Gasteiger partial charge >= 0.3 is 0 Å². The maximum absolute atomic E-state index is 12.3. The first-order valence-electron chi connectivity index (χ1n) is 7.92. The van der Waals surface area contributed by atoms with Crippen molar-refractivity contribution < 1.29 is 4.79 Å². The molecule has 1 amide bonds. The number of carbonyl (C=O) groups excluding carboxylic acids is 1. The van der Waals surface area contributed by atoms with Gasteiger partial charge in [-0.2, -0.15) is 0 Å². The molecule has 3 rings (SSSR count). The molecule has 0 bridgehead atoms. The van der Waals surface area contributed by atoms with E-state index in [4.69, 9.17) is 11.6 Å². The lowest BCUT2D eigenvalue weighted by molar-refractivity contribution is -0.119. The molecule has 1 atom stereocenters. The molecule has 1 fully saturated rings. The third-order valence-corrected chi connectivity index (χ3v) is 4.74. The summed E-state index contributed by atoms with van der Waals surface area (Å²) in [5.74, 6) is 0.0753. The predicted octanol–water partition coefficient (Wildman–Crippen LogP) is 4.35. The second-order valence-electron chi connectivity index (χ2n) is 6.19. The maximum atomic E-state index is 12.3. The summed E-state index contributed by atoms with van der Waals surface area (Å²) >= 11 is 6.28. The van der Waals surface area contributed by atoms with Crippen LogP contribution in [0, 0.1) is 6.92 Å². The van der Waals surface area contributed by atoms with Gasteiger partial charge in [0.2, 0.25) is 5.91 Å². The summed E-state index contributed by atoms with van der Waals surface area (Å²) in [6.45, 7) is 3.04. The molecule has 0 spiro atoms. The predicted molar refractivity (Wildman–Crippen MR) is 95.9 cm³/mol. The highest BCUT2D eigenvalue weighted by molar-refractivity contribution is 6.33. The normalized spacial score (nSPS) is 18.1. The van der Waals surface area contributed by atoms with Crippen LogP contribution >= 0.6 is 11.6 Å². The Bertz CT molecular complexity index is 712. The molecule has 4 heteroatoms. The first kappa shape index (κ1) is 16.0. The zero-order chi connectivity index (χ0) is 16.4. The molecule has 1 unspecified atom stereocenters. The number of halogens is 1. The molecular formula is C19H21ClN2O. The monoisotopic (exact) mass is 328 g/mol. The minimum absolute atomic E-state index is 0.0131. The summed E-state index contributed by atoms with van der Waals surface area (Å²) < 4.78 is 0. The third kappa shape index (κ3) is 3.57. The standard InChI is InChI=1S/C19H21ClN2O/c1-13-5-10-17(20)16(12-13)14-6-8-15(9-7-14)21-19(23)18-4-3-11-22(18)2/h5-10,12,18H,3-4,11H2,1-2H3,(H,21,23). The van der Waals surface area contributed by atoms with E-state index in [-0.39, 0.29) is 11.9 Å². The van der Waals surface area contributed by atoms with Crippen molar-refractivity contribution in [2.75, 3.05) is 18.9 Å². The van der Waals surface area contributed by atoms with Gasteiger partial charge in [0.15, 0.2) is 0 Å². The average molecular weight is 329 g/mol. The molecular weight excluding hydrogens is 308 g/mol. The number of nitrogens with zero attached hydrogens (tertiary/aromatic N) is 1. The van der Waals surface area contributed by atoms with Crippen LogP contribution in [0.15, 0.2) is 42.5 Å². The number of anilines is 1. The van der Waals surface area contributed by atoms with Crippen molar-refractivity contribution in [2.24, 2.45) is 0 Å². The van der Waals surface area contributed by atoms with Gasteiger partial charge in [-0.1, -0.05) is 35.4 Å². The zero-order valence-electron chi connectivity index (χ0n) is 13.5. The molecule has 2 aromatic carbocycles. The van der Waals surface area contributed by atoms with Gasteiger partial charge in [-0.05, 0) is 63.2 Å². The van der Waals surface area contributed by atoms with Crippen molar-refractivity contribution in [3.05, 3.63) is 53.1 Å². The summed E-state index contributed by atoms with van der Waals surface area (Å²) in [6, 6.07) is 13.8. The molecule has 1 saturated heterocycles. The summed E-state index contributed by atoms with van der Waals surface area (Å²) in [4.78, 5) is 14.4. The van der Waals surface area contributed by atoms with Crippen LogP contribution in [-0.2, 0) is 4.79 Å². The fourth-order valence-corrected chi connectivity index (χ4v) is 3.29. The molecule has 1 aliphatic rings. The Labute approximate surface area is 142 Å². The molecule has 1 N–H and O–H groups in total. The van der Waals surface area contributed by atoms with Crippen molar-refractivity contribution >= 4 is 23.2 Å². The van der Waals surface area contributed by atoms with Crippen LogP contribution in [0.3, 0.4) is 0 Å². The fraction of sp³-hybridized carbons (Fsp3) is 0.316. The van der Waals surface area contributed by atoms with Crippen LogP contribution in [0.4, 0.5) is 5.69 Å². The van der Waals surface area contributed by atoms with Gasteiger partial charge in [0.1, 0.15) is 0 Å².